The fourth-order valence-corrected chi connectivity index (χ4v) is 2.70. The van der Waals surface area contributed by atoms with Crippen molar-refractivity contribution in [3.05, 3.63) is 28.7 Å². The standard InChI is InChI=1S/C13H17BrN2O/c14-10-4-6-11(7-5-10)16-13(17)12-3-1-2-9(12)8-15/h4-7,9,12H,1-3,8,15H2,(H,16,17)/t9-,12-/m1/s1. The van der Waals surface area contributed by atoms with E-state index in [9.17, 15) is 4.79 Å². The molecule has 1 saturated carbocycles. The van der Waals surface area contributed by atoms with Crippen molar-refractivity contribution in [1.82, 2.24) is 0 Å². The van der Waals surface area contributed by atoms with Crippen molar-refractivity contribution in [1.29, 1.82) is 0 Å². The van der Waals surface area contributed by atoms with Crippen molar-refractivity contribution in [2.24, 2.45) is 17.6 Å². The number of halogens is 1. The van der Waals surface area contributed by atoms with Gasteiger partial charge in [-0.2, -0.15) is 0 Å². The molecule has 3 nitrogen and oxygen atoms in total. The number of amides is 1. The first-order valence-electron chi connectivity index (χ1n) is 5.97. The molecule has 17 heavy (non-hydrogen) atoms. The summed E-state index contributed by atoms with van der Waals surface area (Å²) >= 11 is 3.37. The molecule has 1 aromatic rings. The Bertz CT molecular complexity index is 391. The molecule has 2 atom stereocenters. The summed E-state index contributed by atoms with van der Waals surface area (Å²) in [4.78, 5) is 12.1. The number of carbonyl (C=O) groups is 1. The topological polar surface area (TPSA) is 55.1 Å². The highest BCUT2D eigenvalue weighted by Crippen LogP contribution is 2.31. The van der Waals surface area contributed by atoms with Crippen LogP contribution in [-0.2, 0) is 4.79 Å². The molecule has 0 bridgehead atoms. The first-order valence-corrected chi connectivity index (χ1v) is 6.76. The minimum Gasteiger partial charge on any atom is -0.330 e. The van der Waals surface area contributed by atoms with Gasteiger partial charge in [0, 0.05) is 16.1 Å². The number of carbonyl (C=O) groups excluding carboxylic acids is 1. The Morgan fingerprint density at radius 3 is 2.71 bits per heavy atom. The van der Waals surface area contributed by atoms with E-state index in [1.807, 2.05) is 24.3 Å². The van der Waals surface area contributed by atoms with Crippen LogP contribution in [-0.4, -0.2) is 12.5 Å². The van der Waals surface area contributed by atoms with E-state index in [0.717, 1.165) is 29.4 Å². The Balaban J connectivity index is 1.99. The lowest BCUT2D eigenvalue weighted by Gasteiger charge is -2.17. The number of nitrogens with one attached hydrogen (secondary N) is 1. The highest BCUT2D eigenvalue weighted by Gasteiger charge is 2.31. The molecule has 0 heterocycles. The van der Waals surface area contributed by atoms with Gasteiger partial charge in [0.25, 0.3) is 0 Å². The largest absolute Gasteiger partial charge is 0.330 e. The van der Waals surface area contributed by atoms with E-state index in [2.05, 4.69) is 21.2 Å². The quantitative estimate of drug-likeness (QED) is 0.901. The molecule has 1 fully saturated rings. The zero-order chi connectivity index (χ0) is 12.3. The maximum absolute atomic E-state index is 12.1. The normalized spacial score (nSPS) is 23.6. The van der Waals surface area contributed by atoms with Gasteiger partial charge in [-0.3, -0.25) is 4.79 Å². The molecule has 0 radical (unpaired) electrons. The highest BCUT2D eigenvalue weighted by molar-refractivity contribution is 9.10. The summed E-state index contributed by atoms with van der Waals surface area (Å²) < 4.78 is 1.01. The minimum atomic E-state index is 0.0867. The molecule has 1 amide bonds. The van der Waals surface area contributed by atoms with Crippen LogP contribution in [0.25, 0.3) is 0 Å². The molecule has 0 aliphatic heterocycles. The van der Waals surface area contributed by atoms with Gasteiger partial charge in [0.15, 0.2) is 0 Å². The van der Waals surface area contributed by atoms with E-state index < -0.39 is 0 Å². The third-order valence-electron chi connectivity index (χ3n) is 3.41. The average molecular weight is 297 g/mol. The predicted molar refractivity (Wildman–Crippen MR) is 72.7 cm³/mol. The van der Waals surface area contributed by atoms with Crippen LogP contribution < -0.4 is 11.1 Å². The lowest BCUT2D eigenvalue weighted by atomic mass is 9.95. The van der Waals surface area contributed by atoms with Gasteiger partial charge in [0.05, 0.1) is 0 Å². The van der Waals surface area contributed by atoms with E-state index in [4.69, 9.17) is 5.73 Å². The Morgan fingerprint density at radius 2 is 2.06 bits per heavy atom. The van der Waals surface area contributed by atoms with E-state index in [-0.39, 0.29) is 11.8 Å². The molecule has 1 aliphatic rings. The Hall–Kier alpha value is -0.870. The molecule has 0 saturated heterocycles. The molecule has 0 unspecified atom stereocenters. The number of hydrogen-bond donors (Lipinski definition) is 2. The Labute approximate surface area is 110 Å². The predicted octanol–water partition coefficient (Wildman–Crippen LogP) is 2.76. The van der Waals surface area contributed by atoms with Crippen molar-refractivity contribution < 1.29 is 4.79 Å². The smallest absolute Gasteiger partial charge is 0.227 e. The molecule has 1 aromatic carbocycles. The van der Waals surface area contributed by atoms with Crippen molar-refractivity contribution in [3.63, 3.8) is 0 Å². The van der Waals surface area contributed by atoms with Gasteiger partial charge in [-0.15, -0.1) is 0 Å². The SMILES string of the molecule is NC[C@H]1CCC[C@H]1C(=O)Nc1ccc(Br)cc1. The molecule has 1 aliphatic carbocycles. The molecule has 4 heteroatoms. The fraction of sp³-hybridized carbons (Fsp3) is 0.462. The molecule has 3 N–H and O–H groups in total. The monoisotopic (exact) mass is 296 g/mol. The van der Waals surface area contributed by atoms with Gasteiger partial charge in [-0.1, -0.05) is 22.4 Å². The fourth-order valence-electron chi connectivity index (χ4n) is 2.43. The second-order valence-electron chi connectivity index (χ2n) is 4.53. The second kappa shape index (κ2) is 5.65. The van der Waals surface area contributed by atoms with Gasteiger partial charge in [-0.05, 0) is 49.6 Å². The van der Waals surface area contributed by atoms with Gasteiger partial charge in [0.2, 0.25) is 5.91 Å². The summed E-state index contributed by atoms with van der Waals surface area (Å²) in [5.41, 5.74) is 6.54. The van der Waals surface area contributed by atoms with Crippen LogP contribution in [0.5, 0.6) is 0 Å². The molecular formula is C13H17BrN2O. The lowest BCUT2D eigenvalue weighted by molar-refractivity contribution is -0.120. The average Bonchev–Trinajstić information content (AvgIpc) is 2.80. The number of hydrogen-bond acceptors (Lipinski definition) is 2. The third kappa shape index (κ3) is 3.07. The summed E-state index contributed by atoms with van der Waals surface area (Å²) in [6.07, 6.45) is 3.15. The second-order valence-corrected chi connectivity index (χ2v) is 5.44. The van der Waals surface area contributed by atoms with Crippen LogP contribution >= 0.6 is 15.9 Å². The van der Waals surface area contributed by atoms with Crippen molar-refractivity contribution >= 4 is 27.5 Å². The van der Waals surface area contributed by atoms with E-state index in [1.54, 1.807) is 0 Å². The maximum Gasteiger partial charge on any atom is 0.227 e. The van der Waals surface area contributed by atoms with Crippen molar-refractivity contribution in [3.8, 4) is 0 Å². The number of nitrogens with two attached hydrogens (primary N) is 1. The van der Waals surface area contributed by atoms with E-state index >= 15 is 0 Å². The van der Waals surface area contributed by atoms with Crippen LogP contribution in [0.15, 0.2) is 28.7 Å². The van der Waals surface area contributed by atoms with Gasteiger partial charge in [-0.25, -0.2) is 0 Å². The molecule has 0 spiro atoms. The van der Waals surface area contributed by atoms with Crippen molar-refractivity contribution in [2.45, 2.75) is 19.3 Å². The van der Waals surface area contributed by atoms with Crippen LogP contribution in [0, 0.1) is 11.8 Å². The summed E-state index contributed by atoms with van der Waals surface area (Å²) in [5.74, 6) is 0.550. The zero-order valence-electron chi connectivity index (χ0n) is 9.66. The number of benzene rings is 1. The van der Waals surface area contributed by atoms with Crippen LogP contribution in [0.3, 0.4) is 0 Å². The Morgan fingerprint density at radius 1 is 1.35 bits per heavy atom. The molecule has 2 rings (SSSR count). The van der Waals surface area contributed by atoms with Gasteiger partial charge >= 0.3 is 0 Å². The van der Waals surface area contributed by atoms with Crippen molar-refractivity contribution in [2.75, 3.05) is 11.9 Å². The number of anilines is 1. The van der Waals surface area contributed by atoms with Gasteiger partial charge in [0.1, 0.15) is 0 Å². The van der Waals surface area contributed by atoms with Crippen LogP contribution in [0.4, 0.5) is 5.69 Å². The first-order chi connectivity index (χ1) is 8.20. The summed E-state index contributed by atoms with van der Waals surface area (Å²) in [6.45, 7) is 0.610. The minimum absolute atomic E-state index is 0.0867. The third-order valence-corrected chi connectivity index (χ3v) is 3.94. The van der Waals surface area contributed by atoms with E-state index in [0.29, 0.717) is 12.5 Å². The van der Waals surface area contributed by atoms with Gasteiger partial charge < -0.3 is 11.1 Å². The Kier molecular flexibility index (Phi) is 4.18. The zero-order valence-corrected chi connectivity index (χ0v) is 11.2. The van der Waals surface area contributed by atoms with Crippen LogP contribution in [0.2, 0.25) is 0 Å². The first kappa shape index (κ1) is 12.6. The van der Waals surface area contributed by atoms with Crippen LogP contribution in [0.1, 0.15) is 19.3 Å². The summed E-state index contributed by atoms with van der Waals surface area (Å²) in [7, 11) is 0. The molecule has 0 aromatic heterocycles. The molecular weight excluding hydrogens is 280 g/mol. The number of rotatable bonds is 3. The summed E-state index contributed by atoms with van der Waals surface area (Å²) in [6, 6.07) is 7.64. The lowest BCUT2D eigenvalue weighted by Crippen LogP contribution is -2.29. The van der Waals surface area contributed by atoms with E-state index in [1.165, 1.54) is 0 Å². The summed E-state index contributed by atoms with van der Waals surface area (Å²) in [5, 5.41) is 2.96. The molecule has 92 valence electrons. The highest BCUT2D eigenvalue weighted by atomic mass is 79.9. The maximum atomic E-state index is 12.1.